The Labute approximate surface area is 117 Å². The Bertz CT molecular complexity index is 573. The molecule has 0 unspecified atom stereocenters. The van der Waals surface area contributed by atoms with Gasteiger partial charge in [0.1, 0.15) is 0 Å². The molecule has 19 heavy (non-hydrogen) atoms. The van der Waals surface area contributed by atoms with Gasteiger partial charge in [0.15, 0.2) is 5.69 Å². The van der Waals surface area contributed by atoms with Crippen LogP contribution < -0.4 is 5.32 Å². The summed E-state index contributed by atoms with van der Waals surface area (Å²) < 4.78 is 1.70. The number of para-hydroxylation sites is 1. The average molecular weight is 275 g/mol. The van der Waals surface area contributed by atoms with Gasteiger partial charge in [0.25, 0.3) is 5.91 Å². The van der Waals surface area contributed by atoms with E-state index < -0.39 is 0 Å². The molecule has 1 N–H and O–H groups in total. The van der Waals surface area contributed by atoms with Crippen molar-refractivity contribution in [3.8, 4) is 0 Å². The minimum atomic E-state index is -0.173. The summed E-state index contributed by atoms with van der Waals surface area (Å²) in [7, 11) is 1.83. The Morgan fingerprint density at radius 3 is 2.79 bits per heavy atom. The van der Waals surface area contributed by atoms with Crippen molar-refractivity contribution < 1.29 is 4.79 Å². The lowest BCUT2D eigenvalue weighted by atomic mass is 10.3. The number of benzene rings is 1. The van der Waals surface area contributed by atoms with Crippen LogP contribution in [0.5, 0.6) is 0 Å². The summed E-state index contributed by atoms with van der Waals surface area (Å²) in [6, 6.07) is 9.58. The van der Waals surface area contributed by atoms with Crippen LogP contribution in [-0.4, -0.2) is 21.4 Å². The molecule has 2 aromatic rings. The fourth-order valence-electron chi connectivity index (χ4n) is 1.71. The fourth-order valence-corrected chi connectivity index (χ4v) is 2.47. The van der Waals surface area contributed by atoms with Gasteiger partial charge in [0, 0.05) is 17.6 Å². The monoisotopic (exact) mass is 275 g/mol. The largest absolute Gasteiger partial charge is 0.320 e. The van der Waals surface area contributed by atoms with Crippen LogP contribution in [0.3, 0.4) is 0 Å². The average Bonchev–Trinajstić information content (AvgIpc) is 2.72. The Balaban J connectivity index is 2.19. The molecule has 0 aliphatic carbocycles. The second kappa shape index (κ2) is 5.93. The third-order valence-electron chi connectivity index (χ3n) is 2.78. The van der Waals surface area contributed by atoms with E-state index in [1.165, 1.54) is 0 Å². The van der Waals surface area contributed by atoms with Gasteiger partial charge in [-0.1, -0.05) is 19.1 Å². The first kappa shape index (κ1) is 13.7. The molecule has 0 atom stereocenters. The number of rotatable bonds is 4. The summed E-state index contributed by atoms with van der Waals surface area (Å²) in [5.74, 6) is 0.795. The number of carbonyl (C=O) groups is 1. The lowest BCUT2D eigenvalue weighted by Crippen LogP contribution is -2.13. The first-order valence-corrected chi connectivity index (χ1v) is 7.14. The van der Waals surface area contributed by atoms with E-state index in [1.54, 1.807) is 22.5 Å². The van der Waals surface area contributed by atoms with Gasteiger partial charge < -0.3 is 5.32 Å². The molecule has 0 bridgehead atoms. The number of aromatic nitrogens is 2. The highest BCUT2D eigenvalue weighted by Gasteiger charge is 2.12. The van der Waals surface area contributed by atoms with Crippen LogP contribution in [0.15, 0.2) is 35.2 Å². The normalized spacial score (nSPS) is 10.5. The molecule has 0 radical (unpaired) electrons. The highest BCUT2D eigenvalue weighted by Crippen LogP contribution is 2.26. The Morgan fingerprint density at radius 1 is 1.42 bits per heavy atom. The number of hydrogen-bond donors (Lipinski definition) is 1. The van der Waals surface area contributed by atoms with E-state index in [2.05, 4.69) is 17.3 Å². The number of aryl methyl sites for hydroxylation is 2. The number of hydrogen-bond acceptors (Lipinski definition) is 3. The van der Waals surface area contributed by atoms with Crippen molar-refractivity contribution in [2.24, 2.45) is 7.05 Å². The lowest BCUT2D eigenvalue weighted by molar-refractivity contribution is 0.102. The van der Waals surface area contributed by atoms with Gasteiger partial charge in [-0.3, -0.25) is 9.48 Å². The van der Waals surface area contributed by atoms with Crippen molar-refractivity contribution in [2.75, 3.05) is 11.1 Å². The van der Waals surface area contributed by atoms with Crippen LogP contribution in [0, 0.1) is 6.92 Å². The summed E-state index contributed by atoms with van der Waals surface area (Å²) >= 11 is 1.71. The van der Waals surface area contributed by atoms with E-state index in [0.717, 1.165) is 22.0 Å². The molecule has 1 amide bonds. The number of anilines is 1. The van der Waals surface area contributed by atoms with Gasteiger partial charge in [-0.2, -0.15) is 5.10 Å². The summed E-state index contributed by atoms with van der Waals surface area (Å²) in [6.07, 6.45) is 0. The summed E-state index contributed by atoms with van der Waals surface area (Å²) in [5.41, 5.74) is 2.24. The Morgan fingerprint density at radius 2 is 2.16 bits per heavy atom. The molecule has 1 aromatic carbocycles. The first-order valence-electron chi connectivity index (χ1n) is 6.15. The van der Waals surface area contributed by atoms with E-state index in [1.807, 2.05) is 38.2 Å². The topological polar surface area (TPSA) is 46.9 Å². The van der Waals surface area contributed by atoms with Crippen molar-refractivity contribution in [1.82, 2.24) is 9.78 Å². The lowest BCUT2D eigenvalue weighted by Gasteiger charge is -2.08. The Kier molecular flexibility index (Phi) is 4.27. The predicted molar refractivity (Wildman–Crippen MR) is 78.7 cm³/mol. The zero-order chi connectivity index (χ0) is 13.8. The second-order valence-corrected chi connectivity index (χ2v) is 5.48. The third-order valence-corrected chi connectivity index (χ3v) is 3.74. The zero-order valence-electron chi connectivity index (χ0n) is 11.3. The van der Waals surface area contributed by atoms with E-state index in [-0.39, 0.29) is 5.91 Å². The van der Waals surface area contributed by atoms with Gasteiger partial charge in [-0.15, -0.1) is 11.8 Å². The van der Waals surface area contributed by atoms with Crippen molar-refractivity contribution in [3.05, 3.63) is 41.7 Å². The molecule has 0 aliphatic rings. The number of nitrogens with one attached hydrogen (secondary N) is 1. The maximum absolute atomic E-state index is 12.1. The molecule has 0 saturated carbocycles. The van der Waals surface area contributed by atoms with Gasteiger partial charge >= 0.3 is 0 Å². The van der Waals surface area contributed by atoms with Gasteiger partial charge in [0.2, 0.25) is 0 Å². The molecule has 0 fully saturated rings. The molecule has 4 nitrogen and oxygen atoms in total. The third kappa shape index (κ3) is 3.17. The summed E-state index contributed by atoms with van der Waals surface area (Å²) in [5, 5.41) is 7.10. The fraction of sp³-hybridized carbons (Fsp3) is 0.286. The summed E-state index contributed by atoms with van der Waals surface area (Å²) in [6.45, 7) is 4.01. The van der Waals surface area contributed by atoms with Crippen molar-refractivity contribution >= 4 is 23.4 Å². The van der Waals surface area contributed by atoms with E-state index in [0.29, 0.717) is 5.69 Å². The van der Waals surface area contributed by atoms with Crippen LogP contribution in [0.25, 0.3) is 0 Å². The molecule has 0 spiro atoms. The van der Waals surface area contributed by atoms with Crippen LogP contribution in [0.2, 0.25) is 0 Å². The van der Waals surface area contributed by atoms with E-state index in [4.69, 9.17) is 0 Å². The zero-order valence-corrected chi connectivity index (χ0v) is 12.1. The van der Waals surface area contributed by atoms with E-state index in [9.17, 15) is 4.79 Å². The minimum absolute atomic E-state index is 0.173. The quantitative estimate of drug-likeness (QED) is 0.872. The van der Waals surface area contributed by atoms with Gasteiger partial charge in [-0.05, 0) is 30.9 Å². The van der Waals surface area contributed by atoms with Crippen molar-refractivity contribution in [2.45, 2.75) is 18.7 Å². The van der Waals surface area contributed by atoms with Crippen LogP contribution in [0.4, 0.5) is 5.69 Å². The molecule has 0 saturated heterocycles. The van der Waals surface area contributed by atoms with Crippen LogP contribution in [0.1, 0.15) is 23.1 Å². The molecular weight excluding hydrogens is 258 g/mol. The van der Waals surface area contributed by atoms with Crippen LogP contribution >= 0.6 is 11.8 Å². The minimum Gasteiger partial charge on any atom is -0.320 e. The standard InChI is InChI=1S/C14H17N3OS/c1-4-19-13-8-6-5-7-11(13)15-14(18)12-9-10(2)17(3)16-12/h5-9H,4H2,1-3H3,(H,15,18). The maximum Gasteiger partial charge on any atom is 0.276 e. The smallest absolute Gasteiger partial charge is 0.276 e. The number of thioether (sulfide) groups is 1. The van der Waals surface area contributed by atoms with E-state index >= 15 is 0 Å². The molecule has 100 valence electrons. The first-order chi connectivity index (χ1) is 9.11. The van der Waals surface area contributed by atoms with Crippen LogP contribution in [-0.2, 0) is 7.05 Å². The molecule has 5 heteroatoms. The second-order valence-electron chi connectivity index (χ2n) is 4.18. The predicted octanol–water partition coefficient (Wildman–Crippen LogP) is 3.09. The maximum atomic E-state index is 12.1. The highest BCUT2D eigenvalue weighted by molar-refractivity contribution is 7.99. The summed E-state index contributed by atoms with van der Waals surface area (Å²) in [4.78, 5) is 13.2. The van der Waals surface area contributed by atoms with Gasteiger partial charge in [-0.25, -0.2) is 0 Å². The van der Waals surface area contributed by atoms with Gasteiger partial charge in [0.05, 0.1) is 5.69 Å². The molecule has 0 aliphatic heterocycles. The molecule has 1 heterocycles. The molecule has 2 rings (SSSR count). The number of carbonyl (C=O) groups excluding carboxylic acids is 1. The number of nitrogens with zero attached hydrogens (tertiary/aromatic N) is 2. The van der Waals surface area contributed by atoms with Crippen molar-refractivity contribution in [3.63, 3.8) is 0 Å². The molecule has 1 aromatic heterocycles. The molecular formula is C14H17N3OS. The highest BCUT2D eigenvalue weighted by atomic mass is 32.2. The Hall–Kier alpha value is -1.75. The number of amides is 1. The van der Waals surface area contributed by atoms with Crippen molar-refractivity contribution in [1.29, 1.82) is 0 Å². The SMILES string of the molecule is CCSc1ccccc1NC(=O)c1cc(C)n(C)n1.